The Morgan fingerprint density at radius 1 is 1.23 bits per heavy atom. The topological polar surface area (TPSA) is 52.4 Å². The lowest BCUT2D eigenvalue weighted by atomic mass is 10.1. The number of aromatic nitrogens is 3. The first-order valence-electron chi connectivity index (χ1n) is 9.60. The van der Waals surface area contributed by atoms with Crippen molar-refractivity contribution in [2.75, 3.05) is 26.9 Å². The third-order valence-electron chi connectivity index (χ3n) is 5.47. The molecule has 0 aromatic carbocycles. The van der Waals surface area contributed by atoms with Crippen molar-refractivity contribution in [2.45, 2.75) is 45.3 Å². The Bertz CT molecular complexity index is 741. The maximum atomic E-state index is 5.80. The van der Waals surface area contributed by atoms with E-state index in [0.717, 1.165) is 56.6 Å². The number of rotatable bonds is 8. The monoisotopic (exact) mass is 356 g/mol. The molecular weight excluding hydrogens is 328 g/mol. The zero-order valence-corrected chi connectivity index (χ0v) is 15.7. The maximum absolute atomic E-state index is 5.80. The number of hydrogen-bond acceptors (Lipinski definition) is 5. The number of fused-ring (bicyclic) bond motifs is 1. The first-order chi connectivity index (χ1) is 12.8. The highest BCUT2D eigenvalue weighted by Crippen LogP contribution is 2.30. The predicted molar refractivity (Wildman–Crippen MR) is 99.1 cm³/mol. The molecule has 6 heteroatoms. The van der Waals surface area contributed by atoms with Crippen LogP contribution in [0.5, 0.6) is 5.88 Å². The van der Waals surface area contributed by atoms with E-state index < -0.39 is 0 Å². The van der Waals surface area contributed by atoms with Crippen LogP contribution in [0.4, 0.5) is 0 Å². The summed E-state index contributed by atoms with van der Waals surface area (Å²) in [4.78, 5) is 11.5. The minimum Gasteiger partial charge on any atom is -0.481 e. The summed E-state index contributed by atoms with van der Waals surface area (Å²) in [6.07, 6.45) is 7.43. The van der Waals surface area contributed by atoms with Gasteiger partial charge in [0.1, 0.15) is 5.82 Å². The number of pyridine rings is 1. The van der Waals surface area contributed by atoms with Gasteiger partial charge in [0.25, 0.3) is 0 Å². The Morgan fingerprint density at radius 2 is 2.12 bits per heavy atom. The molecule has 6 nitrogen and oxygen atoms in total. The number of methoxy groups -OCH3 is 1. The molecule has 1 fully saturated rings. The number of hydrogen-bond donors (Lipinski definition) is 0. The molecule has 26 heavy (non-hydrogen) atoms. The summed E-state index contributed by atoms with van der Waals surface area (Å²) >= 11 is 0. The van der Waals surface area contributed by atoms with E-state index in [1.165, 1.54) is 18.5 Å². The second-order valence-corrected chi connectivity index (χ2v) is 7.35. The van der Waals surface area contributed by atoms with Crippen molar-refractivity contribution in [1.29, 1.82) is 0 Å². The first kappa shape index (κ1) is 17.5. The summed E-state index contributed by atoms with van der Waals surface area (Å²) in [6.45, 7) is 6.75. The van der Waals surface area contributed by atoms with Crippen molar-refractivity contribution in [1.82, 2.24) is 19.4 Å². The minimum atomic E-state index is 0.273. The van der Waals surface area contributed by atoms with E-state index >= 15 is 0 Å². The molecule has 0 bridgehead atoms. The molecule has 0 spiro atoms. The molecule has 0 saturated heterocycles. The molecule has 0 N–H and O–H groups in total. The highest BCUT2D eigenvalue weighted by Gasteiger charge is 2.27. The molecule has 2 aromatic heterocycles. The van der Waals surface area contributed by atoms with Gasteiger partial charge in [0, 0.05) is 56.3 Å². The molecule has 0 amide bonds. The molecular formula is C20H28N4O2. The van der Waals surface area contributed by atoms with Gasteiger partial charge in [-0.25, -0.2) is 9.97 Å². The Hall–Kier alpha value is -1.92. The van der Waals surface area contributed by atoms with E-state index in [-0.39, 0.29) is 6.04 Å². The van der Waals surface area contributed by atoms with E-state index in [1.54, 1.807) is 13.3 Å². The third kappa shape index (κ3) is 3.76. The van der Waals surface area contributed by atoms with E-state index in [9.17, 15) is 0 Å². The first-order valence-corrected chi connectivity index (χ1v) is 9.60. The van der Waals surface area contributed by atoms with E-state index in [0.29, 0.717) is 5.88 Å². The minimum absolute atomic E-state index is 0.273. The molecule has 1 unspecified atom stereocenters. The molecule has 1 aliphatic carbocycles. The standard InChI is InChI=1S/C20H28N4O2/c1-15-19-22-12-18(7-11-26-14-16-5-6-16)24(19)10-9-23(15)13-17-4-3-8-21-20(17)25-2/h3-4,8,12,15-16H,5-7,9-11,13-14H2,1-2H3. The maximum Gasteiger partial charge on any atom is 0.217 e. The van der Waals surface area contributed by atoms with Crippen LogP contribution in [0.15, 0.2) is 24.5 Å². The Kier molecular flexibility index (Phi) is 5.22. The zero-order valence-electron chi connectivity index (χ0n) is 15.7. The van der Waals surface area contributed by atoms with Crippen molar-refractivity contribution < 1.29 is 9.47 Å². The van der Waals surface area contributed by atoms with Crippen molar-refractivity contribution in [3.63, 3.8) is 0 Å². The predicted octanol–water partition coefficient (Wildman–Crippen LogP) is 2.83. The fourth-order valence-electron chi connectivity index (χ4n) is 3.68. The number of nitrogens with zero attached hydrogens (tertiary/aromatic N) is 4. The molecule has 140 valence electrons. The summed E-state index contributed by atoms with van der Waals surface area (Å²) in [6, 6.07) is 4.32. The van der Waals surface area contributed by atoms with Gasteiger partial charge in [-0.1, -0.05) is 6.07 Å². The van der Waals surface area contributed by atoms with Gasteiger partial charge in [-0.2, -0.15) is 0 Å². The van der Waals surface area contributed by atoms with Crippen LogP contribution in [0.25, 0.3) is 0 Å². The molecule has 4 rings (SSSR count). The average Bonchev–Trinajstić information content (AvgIpc) is 3.40. The second kappa shape index (κ2) is 7.76. The fraction of sp³-hybridized carbons (Fsp3) is 0.600. The highest BCUT2D eigenvalue weighted by atomic mass is 16.5. The fourth-order valence-corrected chi connectivity index (χ4v) is 3.68. The van der Waals surface area contributed by atoms with Gasteiger partial charge in [-0.05, 0) is 31.7 Å². The van der Waals surface area contributed by atoms with Gasteiger partial charge in [-0.15, -0.1) is 0 Å². The van der Waals surface area contributed by atoms with Crippen molar-refractivity contribution in [3.8, 4) is 5.88 Å². The van der Waals surface area contributed by atoms with Crippen LogP contribution in [-0.2, 0) is 24.2 Å². The lowest BCUT2D eigenvalue weighted by Gasteiger charge is -2.34. The van der Waals surface area contributed by atoms with Crippen molar-refractivity contribution >= 4 is 0 Å². The second-order valence-electron chi connectivity index (χ2n) is 7.35. The molecule has 1 atom stereocenters. The van der Waals surface area contributed by atoms with Crippen LogP contribution in [0, 0.1) is 5.92 Å². The third-order valence-corrected chi connectivity index (χ3v) is 5.47. The van der Waals surface area contributed by atoms with Crippen LogP contribution in [-0.4, -0.2) is 46.3 Å². The van der Waals surface area contributed by atoms with Crippen LogP contribution in [0.3, 0.4) is 0 Å². The summed E-state index contributed by atoms with van der Waals surface area (Å²) < 4.78 is 13.6. The lowest BCUT2D eigenvalue weighted by Crippen LogP contribution is -2.37. The van der Waals surface area contributed by atoms with Gasteiger partial charge in [-0.3, -0.25) is 4.90 Å². The van der Waals surface area contributed by atoms with E-state index in [1.807, 2.05) is 12.3 Å². The molecule has 3 heterocycles. The lowest BCUT2D eigenvalue weighted by molar-refractivity contribution is 0.124. The Morgan fingerprint density at radius 3 is 2.92 bits per heavy atom. The van der Waals surface area contributed by atoms with Crippen molar-refractivity contribution in [3.05, 3.63) is 41.6 Å². The van der Waals surface area contributed by atoms with Gasteiger partial charge in [0.05, 0.1) is 19.8 Å². The Balaban J connectivity index is 1.39. The van der Waals surface area contributed by atoms with Crippen LogP contribution < -0.4 is 4.74 Å². The van der Waals surface area contributed by atoms with E-state index in [4.69, 9.17) is 14.5 Å². The quantitative estimate of drug-likeness (QED) is 0.681. The molecule has 2 aliphatic rings. The molecule has 0 radical (unpaired) electrons. The number of ether oxygens (including phenoxy) is 2. The summed E-state index contributed by atoms with van der Waals surface area (Å²) in [5.41, 5.74) is 2.41. The average molecular weight is 356 g/mol. The smallest absolute Gasteiger partial charge is 0.217 e. The summed E-state index contributed by atoms with van der Waals surface area (Å²) in [5.74, 6) is 2.69. The van der Waals surface area contributed by atoms with Crippen LogP contribution >= 0.6 is 0 Å². The molecule has 2 aromatic rings. The van der Waals surface area contributed by atoms with Crippen molar-refractivity contribution in [2.24, 2.45) is 5.92 Å². The summed E-state index contributed by atoms with van der Waals surface area (Å²) in [5, 5.41) is 0. The highest BCUT2D eigenvalue weighted by molar-refractivity contribution is 5.25. The molecule has 1 aliphatic heterocycles. The van der Waals surface area contributed by atoms with E-state index in [2.05, 4.69) is 27.4 Å². The van der Waals surface area contributed by atoms with Crippen LogP contribution in [0.1, 0.15) is 42.9 Å². The summed E-state index contributed by atoms with van der Waals surface area (Å²) in [7, 11) is 1.68. The van der Waals surface area contributed by atoms with Crippen LogP contribution in [0.2, 0.25) is 0 Å². The zero-order chi connectivity index (χ0) is 17.9. The largest absolute Gasteiger partial charge is 0.481 e. The Labute approximate surface area is 155 Å². The van der Waals surface area contributed by atoms with Gasteiger partial charge in [0.15, 0.2) is 0 Å². The van der Waals surface area contributed by atoms with Gasteiger partial charge in [0.2, 0.25) is 5.88 Å². The SMILES string of the molecule is COc1ncccc1CN1CCn2c(CCOCC3CC3)cnc2C1C. The number of imidazole rings is 1. The van der Waals surface area contributed by atoms with Gasteiger partial charge < -0.3 is 14.0 Å². The normalized spacial score (nSPS) is 20.2. The molecule has 1 saturated carbocycles. The van der Waals surface area contributed by atoms with Gasteiger partial charge >= 0.3 is 0 Å².